The topological polar surface area (TPSA) is 38.3 Å². The maximum absolute atomic E-state index is 12.2. The number of rotatable bonds is 5. The molecule has 1 aromatic carbocycles. The monoisotopic (exact) mass is 275 g/mol. The van der Waals surface area contributed by atoms with Gasteiger partial charge in [0.15, 0.2) is 0 Å². The van der Waals surface area contributed by atoms with E-state index in [1.54, 1.807) is 0 Å². The first-order chi connectivity index (χ1) is 9.54. The zero-order chi connectivity index (χ0) is 14.5. The molecule has 110 valence electrons. The van der Waals surface area contributed by atoms with Gasteiger partial charge in [0, 0.05) is 11.6 Å². The lowest BCUT2D eigenvalue weighted by molar-refractivity contribution is 0.0937. The van der Waals surface area contributed by atoms with Crippen molar-refractivity contribution in [1.29, 1.82) is 0 Å². The highest BCUT2D eigenvalue weighted by Gasteiger charge is 2.23. The third-order valence-corrected chi connectivity index (χ3v) is 3.71. The average Bonchev–Trinajstić information content (AvgIpc) is 2.82. The summed E-state index contributed by atoms with van der Waals surface area (Å²) < 4.78 is 5.67. The predicted octanol–water partition coefficient (Wildman–Crippen LogP) is 3.64. The summed E-state index contributed by atoms with van der Waals surface area (Å²) in [7, 11) is 0. The molecule has 0 radical (unpaired) electrons. The van der Waals surface area contributed by atoms with E-state index < -0.39 is 0 Å². The molecule has 1 fully saturated rings. The smallest absolute Gasteiger partial charge is 0.251 e. The number of ether oxygens (including phenoxy) is 1. The number of hydrogen-bond acceptors (Lipinski definition) is 2. The minimum Gasteiger partial charge on any atom is -0.493 e. The summed E-state index contributed by atoms with van der Waals surface area (Å²) in [5, 5.41) is 3.12. The lowest BCUT2D eigenvalue weighted by Gasteiger charge is -2.13. The van der Waals surface area contributed by atoms with Crippen LogP contribution in [0.25, 0.3) is 0 Å². The Morgan fingerprint density at radius 3 is 2.85 bits per heavy atom. The van der Waals surface area contributed by atoms with Gasteiger partial charge in [0.2, 0.25) is 0 Å². The Bertz CT molecular complexity index is 456. The summed E-state index contributed by atoms with van der Waals surface area (Å²) in [6.07, 6.45) is 3.40. The van der Waals surface area contributed by atoms with Gasteiger partial charge in [-0.1, -0.05) is 26.8 Å². The highest BCUT2D eigenvalue weighted by molar-refractivity contribution is 5.94. The molecule has 0 heterocycles. The largest absolute Gasteiger partial charge is 0.493 e. The van der Waals surface area contributed by atoms with Crippen LogP contribution in [0.1, 0.15) is 50.4 Å². The molecule has 0 aromatic heterocycles. The Morgan fingerprint density at radius 2 is 2.20 bits per heavy atom. The van der Waals surface area contributed by atoms with Crippen LogP contribution in [0.3, 0.4) is 0 Å². The van der Waals surface area contributed by atoms with Crippen molar-refractivity contribution >= 4 is 5.91 Å². The van der Waals surface area contributed by atoms with Crippen molar-refractivity contribution in [3.05, 3.63) is 29.8 Å². The van der Waals surface area contributed by atoms with Crippen LogP contribution < -0.4 is 10.1 Å². The summed E-state index contributed by atoms with van der Waals surface area (Å²) in [5.41, 5.74) is 0.686. The highest BCUT2D eigenvalue weighted by atomic mass is 16.5. The van der Waals surface area contributed by atoms with E-state index in [0.717, 1.165) is 24.5 Å². The number of amides is 1. The van der Waals surface area contributed by atoms with Gasteiger partial charge in [-0.15, -0.1) is 0 Å². The summed E-state index contributed by atoms with van der Waals surface area (Å²) >= 11 is 0. The van der Waals surface area contributed by atoms with Crippen LogP contribution in [0.4, 0.5) is 0 Å². The average molecular weight is 275 g/mol. The Balaban J connectivity index is 1.93. The van der Waals surface area contributed by atoms with E-state index in [0.29, 0.717) is 24.1 Å². The van der Waals surface area contributed by atoms with Gasteiger partial charge in [-0.05, 0) is 49.3 Å². The molecule has 1 amide bonds. The van der Waals surface area contributed by atoms with Gasteiger partial charge in [-0.3, -0.25) is 4.79 Å². The summed E-state index contributed by atoms with van der Waals surface area (Å²) in [6.45, 7) is 7.13. The van der Waals surface area contributed by atoms with Crippen molar-refractivity contribution in [2.24, 2.45) is 11.8 Å². The van der Waals surface area contributed by atoms with Crippen LogP contribution in [0.15, 0.2) is 24.3 Å². The highest BCUT2D eigenvalue weighted by Crippen LogP contribution is 2.25. The lowest BCUT2D eigenvalue weighted by Crippen LogP contribution is -2.32. The van der Waals surface area contributed by atoms with Crippen molar-refractivity contribution in [3.8, 4) is 5.75 Å². The third kappa shape index (κ3) is 4.26. The fourth-order valence-electron chi connectivity index (χ4n) is 2.60. The normalized spacial score (nSPS) is 22.0. The van der Waals surface area contributed by atoms with E-state index in [1.165, 1.54) is 6.42 Å². The van der Waals surface area contributed by atoms with Gasteiger partial charge in [0.1, 0.15) is 5.75 Å². The molecule has 0 saturated heterocycles. The Labute approximate surface area is 121 Å². The molecular weight excluding hydrogens is 250 g/mol. The van der Waals surface area contributed by atoms with Gasteiger partial charge in [0.05, 0.1) is 6.61 Å². The Kier molecular flexibility index (Phi) is 5.05. The van der Waals surface area contributed by atoms with Crippen LogP contribution in [-0.2, 0) is 0 Å². The molecule has 2 atom stereocenters. The van der Waals surface area contributed by atoms with Gasteiger partial charge < -0.3 is 10.1 Å². The Morgan fingerprint density at radius 1 is 1.40 bits per heavy atom. The summed E-state index contributed by atoms with van der Waals surface area (Å²) in [4.78, 5) is 12.2. The van der Waals surface area contributed by atoms with Crippen LogP contribution in [0.5, 0.6) is 5.75 Å². The SMILES string of the molecule is CC(C)COc1cccc(C(=O)NC2CCC(C)C2)c1. The first-order valence-electron chi connectivity index (χ1n) is 7.58. The third-order valence-electron chi connectivity index (χ3n) is 3.71. The van der Waals surface area contributed by atoms with Crippen molar-refractivity contribution in [3.63, 3.8) is 0 Å². The van der Waals surface area contributed by atoms with E-state index in [4.69, 9.17) is 4.74 Å². The standard InChI is InChI=1S/C17H25NO2/c1-12(2)11-20-16-6-4-5-14(10-16)17(19)18-15-8-7-13(3)9-15/h4-6,10,12-13,15H,7-9,11H2,1-3H3,(H,18,19). The Hall–Kier alpha value is -1.51. The fraction of sp³-hybridized carbons (Fsp3) is 0.588. The second-order valence-corrected chi connectivity index (χ2v) is 6.32. The van der Waals surface area contributed by atoms with E-state index >= 15 is 0 Å². The van der Waals surface area contributed by atoms with E-state index in [1.807, 2.05) is 24.3 Å². The minimum atomic E-state index is 0.0131. The van der Waals surface area contributed by atoms with Gasteiger partial charge in [-0.2, -0.15) is 0 Å². The van der Waals surface area contributed by atoms with Gasteiger partial charge in [0.25, 0.3) is 5.91 Å². The molecule has 2 unspecified atom stereocenters. The van der Waals surface area contributed by atoms with E-state index in [2.05, 4.69) is 26.1 Å². The van der Waals surface area contributed by atoms with Crippen molar-refractivity contribution < 1.29 is 9.53 Å². The van der Waals surface area contributed by atoms with E-state index in [9.17, 15) is 4.79 Å². The van der Waals surface area contributed by atoms with Crippen LogP contribution in [0.2, 0.25) is 0 Å². The van der Waals surface area contributed by atoms with Gasteiger partial charge in [-0.25, -0.2) is 0 Å². The second kappa shape index (κ2) is 6.78. The summed E-state index contributed by atoms with van der Waals surface area (Å²) in [5.74, 6) is 1.98. The number of carbonyl (C=O) groups excluding carboxylic acids is 1. The second-order valence-electron chi connectivity index (χ2n) is 6.32. The van der Waals surface area contributed by atoms with Crippen LogP contribution in [0, 0.1) is 11.8 Å². The minimum absolute atomic E-state index is 0.0131. The molecule has 0 bridgehead atoms. The molecule has 0 aliphatic heterocycles. The zero-order valence-corrected chi connectivity index (χ0v) is 12.7. The molecule has 3 heteroatoms. The molecule has 0 spiro atoms. The summed E-state index contributed by atoms with van der Waals surface area (Å²) in [6, 6.07) is 7.78. The fourth-order valence-corrected chi connectivity index (χ4v) is 2.60. The molecule has 1 N–H and O–H groups in total. The number of nitrogens with one attached hydrogen (secondary N) is 1. The number of benzene rings is 1. The molecule has 20 heavy (non-hydrogen) atoms. The number of carbonyl (C=O) groups is 1. The van der Waals surface area contributed by atoms with E-state index in [-0.39, 0.29) is 5.91 Å². The molecule has 2 rings (SSSR count). The quantitative estimate of drug-likeness (QED) is 0.891. The maximum Gasteiger partial charge on any atom is 0.251 e. The zero-order valence-electron chi connectivity index (χ0n) is 12.7. The maximum atomic E-state index is 12.2. The molecule has 1 aliphatic rings. The van der Waals surface area contributed by atoms with Gasteiger partial charge >= 0.3 is 0 Å². The van der Waals surface area contributed by atoms with Crippen molar-refractivity contribution in [2.45, 2.75) is 46.1 Å². The molecule has 3 nitrogen and oxygen atoms in total. The molecule has 1 saturated carbocycles. The lowest BCUT2D eigenvalue weighted by atomic mass is 10.1. The molecular formula is C17H25NO2. The van der Waals surface area contributed by atoms with Crippen LogP contribution >= 0.6 is 0 Å². The first kappa shape index (κ1) is 14.9. The predicted molar refractivity (Wildman–Crippen MR) is 81.0 cm³/mol. The molecule has 1 aromatic rings. The van der Waals surface area contributed by atoms with Crippen molar-refractivity contribution in [1.82, 2.24) is 5.32 Å². The first-order valence-corrected chi connectivity index (χ1v) is 7.58. The molecule has 1 aliphatic carbocycles. The number of hydrogen-bond donors (Lipinski definition) is 1. The van der Waals surface area contributed by atoms with Crippen LogP contribution in [-0.4, -0.2) is 18.6 Å². The van der Waals surface area contributed by atoms with Crippen molar-refractivity contribution in [2.75, 3.05) is 6.61 Å².